The summed E-state index contributed by atoms with van der Waals surface area (Å²) in [5.41, 5.74) is 1.70. The summed E-state index contributed by atoms with van der Waals surface area (Å²) < 4.78 is 11.8. The van der Waals surface area contributed by atoms with Crippen molar-refractivity contribution in [3.63, 3.8) is 0 Å². The van der Waals surface area contributed by atoms with Gasteiger partial charge in [-0.15, -0.1) is 12.6 Å². The maximum absolute atomic E-state index is 12.3. The molecule has 1 heterocycles. The molecule has 0 saturated carbocycles. The third kappa shape index (κ3) is 3.72. The predicted molar refractivity (Wildman–Crippen MR) is 96.4 cm³/mol. The zero-order valence-corrected chi connectivity index (χ0v) is 16.0. The van der Waals surface area contributed by atoms with E-state index < -0.39 is 5.97 Å². The minimum Gasteiger partial charge on any atom is -0.464 e. The van der Waals surface area contributed by atoms with E-state index in [2.05, 4.69) is 17.6 Å². The molecule has 0 aliphatic carbocycles. The number of imidazole rings is 1. The molecule has 0 fully saturated rings. The van der Waals surface area contributed by atoms with Gasteiger partial charge in [-0.25, -0.2) is 9.78 Å². The summed E-state index contributed by atoms with van der Waals surface area (Å²) in [6.07, 6.45) is 0.693. The Bertz CT molecular complexity index is 749. The fraction of sp³-hybridized carbons (Fsp3) is 0.375. The number of nitrogens with zero attached hydrogens (tertiary/aromatic N) is 2. The van der Waals surface area contributed by atoms with Crippen LogP contribution in [0.15, 0.2) is 23.4 Å². The molecule has 2 aromatic rings. The molecule has 0 radical (unpaired) electrons. The smallest absolute Gasteiger partial charge is 0.356 e. The van der Waals surface area contributed by atoms with E-state index in [-0.39, 0.29) is 12.6 Å². The lowest BCUT2D eigenvalue weighted by Crippen LogP contribution is -2.19. The molecule has 8 heteroatoms. The molecule has 1 unspecified atom stereocenters. The summed E-state index contributed by atoms with van der Waals surface area (Å²) in [4.78, 5) is 16.6. The molecule has 24 heavy (non-hydrogen) atoms. The SMILES string of the molecule is CCC(c1ccc(Cl)c(Cl)c1)n1c(S)nc(COC)c1C(=O)OC. The van der Waals surface area contributed by atoms with Crippen LogP contribution in [0.1, 0.15) is 41.1 Å². The number of carbonyl (C=O) groups is 1. The molecular weight excluding hydrogens is 371 g/mol. The van der Waals surface area contributed by atoms with Crippen LogP contribution in [-0.2, 0) is 16.1 Å². The third-order valence-corrected chi connectivity index (χ3v) is 4.71. The molecule has 1 atom stereocenters. The number of halogens is 2. The van der Waals surface area contributed by atoms with Crippen LogP contribution in [0.25, 0.3) is 0 Å². The Balaban J connectivity index is 2.62. The zero-order chi connectivity index (χ0) is 17.9. The average molecular weight is 389 g/mol. The number of rotatable bonds is 6. The van der Waals surface area contributed by atoms with E-state index in [1.807, 2.05) is 13.0 Å². The summed E-state index contributed by atoms with van der Waals surface area (Å²) in [6.45, 7) is 2.18. The van der Waals surface area contributed by atoms with Crippen molar-refractivity contribution in [2.24, 2.45) is 0 Å². The number of thiol groups is 1. The van der Waals surface area contributed by atoms with Crippen LogP contribution in [0, 0.1) is 0 Å². The summed E-state index contributed by atoms with van der Waals surface area (Å²) >= 11 is 16.6. The largest absolute Gasteiger partial charge is 0.464 e. The van der Waals surface area contributed by atoms with Gasteiger partial charge in [0.1, 0.15) is 5.69 Å². The van der Waals surface area contributed by atoms with Crippen molar-refractivity contribution in [1.82, 2.24) is 9.55 Å². The molecular formula is C16H18Cl2N2O3S. The molecule has 1 aromatic heterocycles. The summed E-state index contributed by atoms with van der Waals surface area (Å²) in [7, 11) is 2.86. The molecule has 0 saturated heterocycles. The molecule has 0 bridgehead atoms. The van der Waals surface area contributed by atoms with E-state index in [1.54, 1.807) is 16.7 Å². The number of carbonyl (C=O) groups excluding carboxylic acids is 1. The minimum absolute atomic E-state index is 0.183. The highest BCUT2D eigenvalue weighted by Gasteiger charge is 2.27. The first kappa shape index (κ1) is 19.1. The summed E-state index contributed by atoms with van der Waals surface area (Å²) in [5, 5.41) is 1.32. The van der Waals surface area contributed by atoms with Crippen LogP contribution < -0.4 is 0 Å². The summed E-state index contributed by atoms with van der Waals surface area (Å²) in [6, 6.07) is 5.18. The second kappa shape index (κ2) is 8.25. The highest BCUT2D eigenvalue weighted by molar-refractivity contribution is 7.80. The monoisotopic (exact) mass is 388 g/mol. The zero-order valence-electron chi connectivity index (χ0n) is 13.5. The van der Waals surface area contributed by atoms with Crippen molar-refractivity contribution in [3.8, 4) is 0 Å². The van der Waals surface area contributed by atoms with Crippen LogP contribution in [0.3, 0.4) is 0 Å². The topological polar surface area (TPSA) is 53.4 Å². The van der Waals surface area contributed by atoms with Crippen LogP contribution in [-0.4, -0.2) is 29.7 Å². The van der Waals surface area contributed by atoms with Gasteiger partial charge in [-0.1, -0.05) is 36.2 Å². The Morgan fingerprint density at radius 1 is 1.33 bits per heavy atom. The Kier molecular flexibility index (Phi) is 6.57. The highest BCUT2D eigenvalue weighted by atomic mass is 35.5. The number of ether oxygens (including phenoxy) is 2. The molecule has 0 aliphatic rings. The number of aromatic nitrogens is 2. The van der Waals surface area contributed by atoms with Gasteiger partial charge in [0.15, 0.2) is 10.9 Å². The lowest BCUT2D eigenvalue weighted by Gasteiger charge is -2.21. The van der Waals surface area contributed by atoms with Gasteiger partial charge in [-0.05, 0) is 24.1 Å². The first-order chi connectivity index (χ1) is 11.4. The van der Waals surface area contributed by atoms with E-state index in [0.29, 0.717) is 33.0 Å². The maximum atomic E-state index is 12.3. The average Bonchev–Trinajstić information content (AvgIpc) is 2.87. The maximum Gasteiger partial charge on any atom is 0.356 e. The second-order valence-corrected chi connectivity index (χ2v) is 6.31. The Hall–Kier alpha value is -1.21. The van der Waals surface area contributed by atoms with Gasteiger partial charge in [0.25, 0.3) is 0 Å². The van der Waals surface area contributed by atoms with Crippen molar-refractivity contribution >= 4 is 41.8 Å². The number of benzene rings is 1. The van der Waals surface area contributed by atoms with E-state index in [9.17, 15) is 4.79 Å². The standard InChI is InChI=1S/C16H18Cl2N2O3S/c1-4-13(9-5-6-10(17)11(18)7-9)20-14(15(21)23-3)12(8-22-2)19-16(20)24/h5-7,13H,4,8H2,1-3H3,(H,19,24). The normalized spacial score (nSPS) is 12.2. The fourth-order valence-corrected chi connectivity index (χ4v) is 3.27. The molecule has 0 aliphatic heterocycles. The van der Waals surface area contributed by atoms with Gasteiger partial charge < -0.3 is 14.0 Å². The number of esters is 1. The first-order valence-electron chi connectivity index (χ1n) is 7.26. The van der Waals surface area contributed by atoms with Crippen molar-refractivity contribution in [3.05, 3.63) is 45.2 Å². The first-order valence-corrected chi connectivity index (χ1v) is 8.47. The van der Waals surface area contributed by atoms with E-state index in [1.165, 1.54) is 14.2 Å². The van der Waals surface area contributed by atoms with Crippen LogP contribution in [0.4, 0.5) is 0 Å². The molecule has 5 nitrogen and oxygen atoms in total. The van der Waals surface area contributed by atoms with Crippen LogP contribution >= 0.6 is 35.8 Å². The lowest BCUT2D eigenvalue weighted by molar-refractivity contribution is 0.0580. The van der Waals surface area contributed by atoms with E-state index in [4.69, 9.17) is 32.7 Å². The molecule has 0 N–H and O–H groups in total. The van der Waals surface area contributed by atoms with Gasteiger partial charge in [0, 0.05) is 7.11 Å². The lowest BCUT2D eigenvalue weighted by atomic mass is 10.0. The molecule has 1 aromatic carbocycles. The van der Waals surface area contributed by atoms with E-state index >= 15 is 0 Å². The molecule has 130 valence electrons. The Morgan fingerprint density at radius 3 is 2.58 bits per heavy atom. The van der Waals surface area contributed by atoms with Crippen molar-refractivity contribution in [2.45, 2.75) is 31.1 Å². The van der Waals surface area contributed by atoms with Crippen molar-refractivity contribution < 1.29 is 14.3 Å². The van der Waals surface area contributed by atoms with Crippen LogP contribution in [0.2, 0.25) is 10.0 Å². The highest BCUT2D eigenvalue weighted by Crippen LogP contribution is 2.33. The molecule has 0 spiro atoms. The van der Waals surface area contributed by atoms with Gasteiger partial charge in [0.05, 0.1) is 29.8 Å². The van der Waals surface area contributed by atoms with Gasteiger partial charge in [-0.3, -0.25) is 0 Å². The third-order valence-electron chi connectivity index (χ3n) is 3.65. The van der Waals surface area contributed by atoms with Crippen molar-refractivity contribution in [1.29, 1.82) is 0 Å². The number of hydrogen-bond donors (Lipinski definition) is 1. The van der Waals surface area contributed by atoms with Gasteiger partial charge in [-0.2, -0.15) is 0 Å². The van der Waals surface area contributed by atoms with Gasteiger partial charge >= 0.3 is 5.97 Å². The quantitative estimate of drug-likeness (QED) is 0.587. The molecule has 0 amide bonds. The van der Waals surface area contributed by atoms with E-state index in [0.717, 1.165) is 5.56 Å². The number of hydrogen-bond acceptors (Lipinski definition) is 5. The molecule has 2 rings (SSSR count). The second-order valence-electron chi connectivity index (χ2n) is 5.10. The van der Waals surface area contributed by atoms with Crippen molar-refractivity contribution in [2.75, 3.05) is 14.2 Å². The Morgan fingerprint density at radius 2 is 2.04 bits per heavy atom. The Labute approximate surface area is 156 Å². The fourth-order valence-electron chi connectivity index (χ4n) is 2.60. The minimum atomic E-state index is -0.492. The summed E-state index contributed by atoms with van der Waals surface area (Å²) in [5.74, 6) is -0.492. The predicted octanol–water partition coefficient (Wildman–Crippen LogP) is 4.41. The number of methoxy groups -OCH3 is 2. The van der Waals surface area contributed by atoms with Crippen LogP contribution in [0.5, 0.6) is 0 Å². The van der Waals surface area contributed by atoms with Gasteiger partial charge in [0.2, 0.25) is 0 Å².